The van der Waals surface area contributed by atoms with Crippen LogP contribution in [0.3, 0.4) is 0 Å². The van der Waals surface area contributed by atoms with Crippen molar-refractivity contribution in [1.82, 2.24) is 29.9 Å². The van der Waals surface area contributed by atoms with Crippen molar-refractivity contribution >= 4 is 11.6 Å². The largest absolute Gasteiger partial charge is 0.416 e. The fraction of sp³-hybridized carbons (Fsp3) is 0.250. The second kappa shape index (κ2) is 8.35. The van der Waals surface area contributed by atoms with E-state index in [4.69, 9.17) is 0 Å². The maximum absolute atomic E-state index is 13.9. The number of carbonyl (C=O) groups excluding carboxylic acids is 1. The minimum atomic E-state index is -4.56. The molecule has 3 heterocycles. The highest BCUT2D eigenvalue weighted by Gasteiger charge is 2.40. The van der Waals surface area contributed by atoms with E-state index in [1.54, 1.807) is 60.1 Å². The number of anilines is 1. The third-order valence-electron chi connectivity index (χ3n) is 6.11. The third kappa shape index (κ3) is 3.87. The summed E-state index contributed by atoms with van der Waals surface area (Å²) >= 11 is 0. The first-order chi connectivity index (χ1) is 16.7. The Morgan fingerprint density at radius 1 is 1.11 bits per heavy atom. The van der Waals surface area contributed by atoms with E-state index in [2.05, 4.69) is 20.6 Å². The monoisotopic (exact) mass is 481 g/mol. The Morgan fingerprint density at radius 3 is 2.60 bits per heavy atom. The molecule has 0 saturated heterocycles. The van der Waals surface area contributed by atoms with Gasteiger partial charge in [-0.1, -0.05) is 12.1 Å². The summed E-state index contributed by atoms with van der Waals surface area (Å²) in [5.41, 5.74) is 2.45. The summed E-state index contributed by atoms with van der Waals surface area (Å²) < 4.78 is 45.0. The number of amides is 1. The molecule has 4 aromatic rings. The molecule has 11 heteroatoms. The molecule has 1 N–H and O–H groups in total. The molecule has 0 atom stereocenters. The molecule has 180 valence electrons. The third-order valence-corrected chi connectivity index (χ3v) is 6.11. The number of aromatic nitrogens is 5. The molecular weight excluding hydrogens is 459 g/mol. The molecule has 0 unspecified atom stereocenters. The van der Waals surface area contributed by atoms with Crippen LogP contribution >= 0.6 is 0 Å². The highest BCUT2D eigenvalue weighted by molar-refractivity contribution is 6.10. The van der Waals surface area contributed by atoms with E-state index in [1.807, 2.05) is 13.1 Å². The molecule has 0 fully saturated rings. The first-order valence-corrected chi connectivity index (χ1v) is 10.8. The van der Waals surface area contributed by atoms with Crippen molar-refractivity contribution in [3.8, 4) is 22.6 Å². The zero-order chi connectivity index (χ0) is 24.9. The van der Waals surface area contributed by atoms with Crippen LogP contribution in [0.15, 0.2) is 48.9 Å². The van der Waals surface area contributed by atoms with Gasteiger partial charge in [-0.25, -0.2) is 0 Å². The number of aryl methyl sites for hydroxylation is 2. The summed E-state index contributed by atoms with van der Waals surface area (Å²) in [6, 6.07) is 9.79. The van der Waals surface area contributed by atoms with Crippen LogP contribution in [0, 0.1) is 0 Å². The van der Waals surface area contributed by atoms with Crippen LogP contribution in [0.5, 0.6) is 0 Å². The number of alkyl halides is 3. The van der Waals surface area contributed by atoms with Gasteiger partial charge in [-0.2, -0.15) is 18.3 Å². The predicted octanol–water partition coefficient (Wildman–Crippen LogP) is 3.78. The number of benzene rings is 2. The van der Waals surface area contributed by atoms with Crippen LogP contribution in [-0.4, -0.2) is 37.5 Å². The van der Waals surface area contributed by atoms with Crippen LogP contribution in [0.4, 0.5) is 18.9 Å². The molecule has 0 aliphatic carbocycles. The Kier molecular flexibility index (Phi) is 5.43. The molecular formula is C24H22F3N7O. The van der Waals surface area contributed by atoms with Gasteiger partial charge < -0.3 is 14.8 Å². The number of halogens is 3. The highest BCUT2D eigenvalue weighted by Crippen LogP contribution is 2.40. The maximum Gasteiger partial charge on any atom is 0.416 e. The molecule has 0 bridgehead atoms. The van der Waals surface area contributed by atoms with Gasteiger partial charge in [0.05, 0.1) is 29.6 Å². The summed E-state index contributed by atoms with van der Waals surface area (Å²) in [6.07, 6.45) is -1.29. The molecule has 1 aliphatic rings. The minimum absolute atomic E-state index is 0.00642. The summed E-state index contributed by atoms with van der Waals surface area (Å²) in [5.74, 6) is 0.161. The van der Waals surface area contributed by atoms with E-state index >= 15 is 0 Å². The molecule has 5 rings (SSSR count). The summed E-state index contributed by atoms with van der Waals surface area (Å²) in [7, 11) is 5.26. The lowest BCUT2D eigenvalue weighted by atomic mass is 9.99. The number of carbonyl (C=O) groups is 1. The van der Waals surface area contributed by atoms with E-state index in [9.17, 15) is 18.0 Å². The molecule has 1 amide bonds. The smallest absolute Gasteiger partial charge is 0.317 e. The molecule has 0 spiro atoms. The Morgan fingerprint density at radius 2 is 1.91 bits per heavy atom. The standard InChI is InChI=1S/C24H22F3N7O/c1-28-10-14-7-17-19(20(8-14)24(25,26)27)12-34(23(17)35)16-6-4-5-15(9-16)21-18(11-30-33(21)3)22-31-29-13-32(22)2/h4-9,11,13,28H,10,12H2,1-3H3. The van der Waals surface area contributed by atoms with Gasteiger partial charge in [-0.3, -0.25) is 9.48 Å². The Hall–Kier alpha value is -3.99. The van der Waals surface area contributed by atoms with Crippen molar-refractivity contribution in [2.75, 3.05) is 11.9 Å². The summed E-state index contributed by atoms with van der Waals surface area (Å²) in [6.45, 7) is 0.0677. The van der Waals surface area contributed by atoms with Crippen LogP contribution in [0.25, 0.3) is 22.6 Å². The fourth-order valence-corrected chi connectivity index (χ4v) is 4.53. The van der Waals surface area contributed by atoms with Crippen LogP contribution in [0.1, 0.15) is 27.0 Å². The van der Waals surface area contributed by atoms with Gasteiger partial charge in [-0.15, -0.1) is 10.2 Å². The first kappa shape index (κ1) is 22.8. The van der Waals surface area contributed by atoms with Crippen LogP contribution < -0.4 is 10.2 Å². The molecule has 8 nitrogen and oxygen atoms in total. The SMILES string of the molecule is CNCc1cc2c(c(C(F)(F)F)c1)CN(c1cccc(-c3c(-c4nncn4C)cnn3C)c1)C2=O. The number of nitrogens with one attached hydrogen (secondary N) is 1. The lowest BCUT2D eigenvalue weighted by Gasteiger charge is -2.18. The van der Waals surface area contributed by atoms with E-state index in [0.717, 1.165) is 22.9 Å². The molecule has 0 saturated carbocycles. The molecule has 2 aromatic carbocycles. The minimum Gasteiger partial charge on any atom is -0.317 e. The van der Waals surface area contributed by atoms with Gasteiger partial charge in [-0.05, 0) is 42.4 Å². The van der Waals surface area contributed by atoms with Crippen molar-refractivity contribution in [1.29, 1.82) is 0 Å². The van der Waals surface area contributed by atoms with Crippen molar-refractivity contribution in [3.63, 3.8) is 0 Å². The van der Waals surface area contributed by atoms with E-state index in [0.29, 0.717) is 17.1 Å². The van der Waals surface area contributed by atoms with Crippen molar-refractivity contribution in [2.24, 2.45) is 14.1 Å². The average Bonchev–Trinajstić information content (AvgIpc) is 3.50. The Balaban J connectivity index is 1.57. The van der Waals surface area contributed by atoms with Gasteiger partial charge in [0.1, 0.15) is 6.33 Å². The second-order valence-corrected chi connectivity index (χ2v) is 8.44. The van der Waals surface area contributed by atoms with E-state index in [-0.39, 0.29) is 24.2 Å². The number of fused-ring (bicyclic) bond motifs is 1. The summed E-state index contributed by atoms with van der Waals surface area (Å²) in [5, 5.41) is 15.3. The Bertz CT molecular complexity index is 1440. The number of rotatable bonds is 5. The van der Waals surface area contributed by atoms with Gasteiger partial charge in [0.2, 0.25) is 0 Å². The number of hydrogen-bond donors (Lipinski definition) is 1. The van der Waals surface area contributed by atoms with E-state index in [1.165, 1.54) is 4.90 Å². The molecule has 0 radical (unpaired) electrons. The van der Waals surface area contributed by atoms with Crippen molar-refractivity contribution in [3.05, 3.63) is 71.2 Å². The Labute approximate surface area is 199 Å². The predicted molar refractivity (Wildman–Crippen MR) is 123 cm³/mol. The molecule has 2 aromatic heterocycles. The quantitative estimate of drug-likeness (QED) is 0.469. The molecule has 35 heavy (non-hydrogen) atoms. The van der Waals surface area contributed by atoms with Gasteiger partial charge in [0.25, 0.3) is 5.91 Å². The van der Waals surface area contributed by atoms with E-state index < -0.39 is 17.6 Å². The van der Waals surface area contributed by atoms with Crippen molar-refractivity contribution < 1.29 is 18.0 Å². The normalized spacial score (nSPS) is 13.5. The lowest BCUT2D eigenvalue weighted by molar-refractivity contribution is -0.138. The topological polar surface area (TPSA) is 80.9 Å². The van der Waals surface area contributed by atoms with Crippen molar-refractivity contribution in [2.45, 2.75) is 19.3 Å². The van der Waals surface area contributed by atoms with Crippen LogP contribution in [0.2, 0.25) is 0 Å². The first-order valence-electron chi connectivity index (χ1n) is 10.8. The van der Waals surface area contributed by atoms with Gasteiger partial charge >= 0.3 is 6.18 Å². The highest BCUT2D eigenvalue weighted by atomic mass is 19.4. The number of nitrogens with zero attached hydrogens (tertiary/aromatic N) is 6. The zero-order valence-corrected chi connectivity index (χ0v) is 19.3. The second-order valence-electron chi connectivity index (χ2n) is 8.44. The summed E-state index contributed by atoms with van der Waals surface area (Å²) in [4.78, 5) is 14.7. The van der Waals surface area contributed by atoms with Crippen LogP contribution in [-0.2, 0) is 33.4 Å². The average molecular weight is 481 g/mol. The zero-order valence-electron chi connectivity index (χ0n) is 19.3. The maximum atomic E-state index is 13.9. The molecule has 1 aliphatic heterocycles. The van der Waals surface area contributed by atoms with Gasteiger partial charge in [0, 0.05) is 37.5 Å². The fourth-order valence-electron chi connectivity index (χ4n) is 4.53. The number of hydrogen-bond acceptors (Lipinski definition) is 5. The lowest BCUT2D eigenvalue weighted by Crippen LogP contribution is -2.23. The van der Waals surface area contributed by atoms with Gasteiger partial charge in [0.15, 0.2) is 5.82 Å².